The Balaban J connectivity index is 1.26. The van der Waals surface area contributed by atoms with Crippen LogP contribution in [-0.4, -0.2) is 12.3 Å². The van der Waals surface area contributed by atoms with Crippen molar-refractivity contribution >= 4 is 62.9 Å². The molecule has 4 heteroatoms. The molecule has 3 nitrogen and oxygen atoms in total. The third-order valence-electron chi connectivity index (χ3n) is 19.2. The Kier molecular flexibility index (Phi) is 8.91. The molecule has 0 radical (unpaired) electrons. The number of hydrogen-bond donors (Lipinski definition) is 0. The number of anilines is 7. The highest BCUT2D eigenvalue weighted by Crippen LogP contribution is 2.67. The fourth-order valence-corrected chi connectivity index (χ4v) is 15.1. The molecule has 0 bridgehead atoms. The lowest BCUT2D eigenvalue weighted by molar-refractivity contribution is 0.194. The molecule has 1 fully saturated rings. The molecule has 4 heterocycles. The van der Waals surface area contributed by atoms with Gasteiger partial charge in [0.15, 0.2) is 0 Å². The normalized spacial score (nSPS) is 25.3. The van der Waals surface area contributed by atoms with E-state index in [0.29, 0.717) is 0 Å². The predicted octanol–water partition coefficient (Wildman–Crippen LogP) is 14.8. The van der Waals surface area contributed by atoms with Gasteiger partial charge >= 0.3 is 0 Å². The lowest BCUT2D eigenvalue weighted by atomic mass is 9.33. The zero-order valence-corrected chi connectivity index (χ0v) is 44.0. The summed E-state index contributed by atoms with van der Waals surface area (Å²) in [7, 11) is 0. The van der Waals surface area contributed by atoms with Crippen molar-refractivity contribution in [1.29, 1.82) is 0 Å². The van der Waals surface area contributed by atoms with Gasteiger partial charge in [-0.05, 0) is 172 Å². The first-order chi connectivity index (χ1) is 31.9. The topological polar surface area (TPSA) is 9.72 Å². The van der Waals surface area contributed by atoms with Crippen molar-refractivity contribution in [2.24, 2.45) is 0 Å². The second-order valence-corrected chi connectivity index (χ2v) is 26.2. The highest BCUT2D eigenvalue weighted by atomic mass is 15.3. The lowest BCUT2D eigenvalue weighted by Gasteiger charge is -2.54. The highest BCUT2D eigenvalue weighted by Gasteiger charge is 2.64. The van der Waals surface area contributed by atoms with Crippen LogP contribution in [0.1, 0.15) is 172 Å². The van der Waals surface area contributed by atoms with Gasteiger partial charge in [-0.3, -0.25) is 0 Å². The zero-order chi connectivity index (χ0) is 48.0. The van der Waals surface area contributed by atoms with Crippen LogP contribution in [0.4, 0.5) is 39.8 Å². The quantitative estimate of drug-likeness (QED) is 0.160. The van der Waals surface area contributed by atoms with Gasteiger partial charge in [0.1, 0.15) is 0 Å². The smallest absolute Gasteiger partial charge is 0.252 e. The standard InChI is InChI=1S/C64H74BN3/c1-39-31-40(2)55-52(32-39)67(63(14)29-19-18-28-62(55,63)13)46-37-53-56-54(38-46)68-57-48(61(12)30-27-41-21-16-17-24-47(41)64(61,68)15)34-44(60(9,10)11)35-50(57)65(56)49-26-25-43(59(6,7)8)36-51(49)66(53)45-23-20-22-42(33-45)58(3,4)5/h16-17,20-26,31-38H,18-19,27-30H2,1-15H3. The minimum atomic E-state index is -0.334. The maximum Gasteiger partial charge on any atom is 0.252 e. The minimum Gasteiger partial charge on any atom is -0.334 e. The molecule has 1 saturated carbocycles. The van der Waals surface area contributed by atoms with Crippen LogP contribution in [0.3, 0.4) is 0 Å². The Bertz CT molecular complexity index is 3160. The van der Waals surface area contributed by atoms with Crippen molar-refractivity contribution in [3.63, 3.8) is 0 Å². The molecule has 0 N–H and O–H groups in total. The first-order valence-corrected chi connectivity index (χ1v) is 26.1. The average molecular weight is 896 g/mol. The van der Waals surface area contributed by atoms with Crippen LogP contribution in [-0.2, 0) is 39.0 Å². The van der Waals surface area contributed by atoms with Gasteiger partial charge in [-0.15, -0.1) is 0 Å². The number of nitrogens with zero attached hydrogens (tertiary/aromatic N) is 3. The van der Waals surface area contributed by atoms with E-state index in [-0.39, 0.29) is 44.9 Å². The summed E-state index contributed by atoms with van der Waals surface area (Å²) < 4.78 is 0. The number of benzene rings is 6. The summed E-state index contributed by atoms with van der Waals surface area (Å²) in [5.41, 5.74) is 26.2. The Labute approximate surface area is 409 Å². The molecule has 0 amide bonds. The summed E-state index contributed by atoms with van der Waals surface area (Å²) >= 11 is 0. The van der Waals surface area contributed by atoms with E-state index < -0.39 is 0 Å². The number of aryl methyl sites for hydroxylation is 3. The maximum absolute atomic E-state index is 2.93. The summed E-state index contributed by atoms with van der Waals surface area (Å²) in [6, 6.07) is 42.3. The van der Waals surface area contributed by atoms with Gasteiger partial charge in [0.25, 0.3) is 6.71 Å². The predicted molar refractivity (Wildman–Crippen MR) is 292 cm³/mol. The van der Waals surface area contributed by atoms with E-state index in [1.807, 2.05) is 0 Å². The maximum atomic E-state index is 2.93. The molecule has 6 aromatic carbocycles. The zero-order valence-electron chi connectivity index (χ0n) is 44.0. The Morgan fingerprint density at radius 3 is 1.94 bits per heavy atom. The van der Waals surface area contributed by atoms with Crippen molar-refractivity contribution in [2.75, 3.05) is 14.7 Å². The van der Waals surface area contributed by atoms with Gasteiger partial charge in [-0.2, -0.15) is 0 Å². The van der Waals surface area contributed by atoms with E-state index in [2.05, 4.69) is 222 Å². The molecule has 12 rings (SSSR count). The van der Waals surface area contributed by atoms with E-state index >= 15 is 0 Å². The largest absolute Gasteiger partial charge is 0.334 e. The molecule has 4 atom stereocenters. The molecule has 348 valence electrons. The second-order valence-electron chi connectivity index (χ2n) is 26.2. The fraction of sp³-hybridized carbons (Fsp3) is 0.438. The summed E-state index contributed by atoms with van der Waals surface area (Å²) in [6.45, 7) is 36.7. The van der Waals surface area contributed by atoms with Crippen LogP contribution in [0, 0.1) is 13.8 Å². The molecule has 0 aromatic heterocycles. The van der Waals surface area contributed by atoms with Gasteiger partial charge in [0, 0.05) is 50.6 Å². The number of rotatable bonds is 2. The van der Waals surface area contributed by atoms with Crippen molar-refractivity contribution in [1.82, 2.24) is 0 Å². The third kappa shape index (κ3) is 5.55. The SMILES string of the molecule is Cc1cc(C)c2c(c1)N(c1cc3c4c(c1)N1c5c(cc(C(C)(C)C)cc5C5(C)CCc6ccccc6C15C)B4c1ccc(C(C)(C)C)cc1N3c1cccc(C(C)(C)C)c1)C1(C)CCCCC21C. The van der Waals surface area contributed by atoms with Gasteiger partial charge < -0.3 is 14.7 Å². The summed E-state index contributed by atoms with van der Waals surface area (Å²) in [5.74, 6) is 0. The van der Waals surface area contributed by atoms with Gasteiger partial charge in [-0.1, -0.05) is 156 Å². The molecule has 6 aliphatic rings. The van der Waals surface area contributed by atoms with E-state index in [0.717, 1.165) is 19.3 Å². The van der Waals surface area contributed by atoms with Crippen LogP contribution in [0.25, 0.3) is 0 Å². The van der Waals surface area contributed by atoms with Gasteiger partial charge in [0.05, 0.1) is 11.1 Å². The van der Waals surface area contributed by atoms with Crippen LogP contribution >= 0.6 is 0 Å². The summed E-state index contributed by atoms with van der Waals surface area (Å²) in [4.78, 5) is 8.52. The average Bonchev–Trinajstić information content (AvgIpc) is 3.62. The lowest BCUT2D eigenvalue weighted by Crippen LogP contribution is -2.64. The van der Waals surface area contributed by atoms with Crippen molar-refractivity contribution in [3.8, 4) is 0 Å². The van der Waals surface area contributed by atoms with Crippen molar-refractivity contribution in [2.45, 2.75) is 181 Å². The summed E-state index contributed by atoms with van der Waals surface area (Å²) in [5, 5.41) is 0. The van der Waals surface area contributed by atoms with Gasteiger partial charge in [-0.25, -0.2) is 0 Å². The Morgan fingerprint density at radius 2 is 1.21 bits per heavy atom. The molecule has 0 spiro atoms. The molecular weight excluding hydrogens is 822 g/mol. The van der Waals surface area contributed by atoms with Crippen LogP contribution in [0.5, 0.6) is 0 Å². The monoisotopic (exact) mass is 896 g/mol. The van der Waals surface area contributed by atoms with E-state index in [9.17, 15) is 0 Å². The molecule has 4 unspecified atom stereocenters. The van der Waals surface area contributed by atoms with Crippen LogP contribution in [0.2, 0.25) is 0 Å². The first kappa shape index (κ1) is 44.0. The molecule has 2 aliphatic carbocycles. The van der Waals surface area contributed by atoms with Crippen LogP contribution < -0.4 is 31.1 Å². The molecule has 0 saturated heterocycles. The van der Waals surface area contributed by atoms with E-state index in [4.69, 9.17) is 0 Å². The fourth-order valence-electron chi connectivity index (χ4n) is 15.1. The minimum absolute atomic E-state index is 0.0115. The molecule has 4 aliphatic heterocycles. The van der Waals surface area contributed by atoms with Crippen molar-refractivity contribution < 1.29 is 0 Å². The number of fused-ring (bicyclic) bond motifs is 12. The molecule has 6 aromatic rings. The highest BCUT2D eigenvalue weighted by molar-refractivity contribution is 7.00. The summed E-state index contributed by atoms with van der Waals surface area (Å²) in [6.07, 6.45) is 7.08. The van der Waals surface area contributed by atoms with Crippen molar-refractivity contribution in [3.05, 3.63) is 153 Å². The van der Waals surface area contributed by atoms with Crippen LogP contribution in [0.15, 0.2) is 103 Å². The van der Waals surface area contributed by atoms with Gasteiger partial charge in [0.2, 0.25) is 0 Å². The van der Waals surface area contributed by atoms with E-state index in [1.54, 1.807) is 5.56 Å². The second kappa shape index (κ2) is 13.8. The first-order valence-electron chi connectivity index (χ1n) is 26.1. The Morgan fingerprint density at radius 1 is 0.515 bits per heavy atom. The number of hydrogen-bond acceptors (Lipinski definition) is 3. The third-order valence-corrected chi connectivity index (χ3v) is 19.2. The molecular formula is C64H74BN3. The Hall–Kier alpha value is -5.22. The van der Waals surface area contributed by atoms with E-state index in [1.165, 1.54) is 120 Å². The molecule has 68 heavy (non-hydrogen) atoms.